The van der Waals surface area contributed by atoms with Crippen LogP contribution in [0.4, 0.5) is 0 Å². The Labute approximate surface area is 91.9 Å². The van der Waals surface area contributed by atoms with Crippen LogP contribution in [0.3, 0.4) is 0 Å². The van der Waals surface area contributed by atoms with Crippen molar-refractivity contribution in [2.24, 2.45) is 5.73 Å². The molecule has 1 aromatic carbocycles. The van der Waals surface area contributed by atoms with Gasteiger partial charge >= 0.3 is 0 Å². The van der Waals surface area contributed by atoms with E-state index < -0.39 is 0 Å². The lowest BCUT2D eigenvalue weighted by Gasteiger charge is -2.20. The van der Waals surface area contributed by atoms with Crippen LogP contribution in [0, 0.1) is 0 Å². The maximum absolute atomic E-state index is 5.73. The highest BCUT2D eigenvalue weighted by Gasteiger charge is 2.12. The summed E-state index contributed by atoms with van der Waals surface area (Å²) in [6.07, 6.45) is 5.18. The molecule has 1 aliphatic carbocycles. The van der Waals surface area contributed by atoms with Gasteiger partial charge in [-0.2, -0.15) is 0 Å². The molecule has 82 valence electrons. The Morgan fingerprint density at radius 1 is 1.27 bits per heavy atom. The largest absolute Gasteiger partial charge is 0.329 e. The summed E-state index contributed by atoms with van der Waals surface area (Å²) in [4.78, 5) is 0. The van der Waals surface area contributed by atoms with E-state index in [4.69, 9.17) is 5.73 Å². The van der Waals surface area contributed by atoms with Crippen molar-refractivity contribution in [2.75, 3.05) is 13.6 Å². The number of benzene rings is 1. The molecule has 3 N–H and O–H groups in total. The first kappa shape index (κ1) is 10.7. The van der Waals surface area contributed by atoms with E-state index in [1.165, 1.54) is 42.4 Å². The van der Waals surface area contributed by atoms with E-state index in [1.54, 1.807) is 0 Å². The molecule has 1 unspecified atom stereocenters. The van der Waals surface area contributed by atoms with Crippen molar-refractivity contribution in [1.82, 2.24) is 5.32 Å². The average molecular weight is 204 g/mol. The molecule has 1 aliphatic rings. The van der Waals surface area contributed by atoms with Crippen LogP contribution in [0.25, 0.3) is 0 Å². The Kier molecular flexibility index (Phi) is 3.39. The third-order valence-corrected chi connectivity index (χ3v) is 3.36. The van der Waals surface area contributed by atoms with E-state index in [1.807, 2.05) is 7.05 Å². The van der Waals surface area contributed by atoms with Gasteiger partial charge in [0.1, 0.15) is 0 Å². The number of likely N-dealkylation sites (N-methyl/N-ethyl adjacent to an activating group) is 1. The van der Waals surface area contributed by atoms with Gasteiger partial charge in [0.05, 0.1) is 0 Å². The second-order valence-electron chi connectivity index (χ2n) is 4.31. The van der Waals surface area contributed by atoms with E-state index in [-0.39, 0.29) is 0 Å². The smallest absolute Gasteiger partial charge is 0.0442 e. The van der Waals surface area contributed by atoms with Crippen molar-refractivity contribution in [2.45, 2.75) is 31.7 Å². The Bertz CT molecular complexity index is 329. The van der Waals surface area contributed by atoms with Gasteiger partial charge < -0.3 is 11.1 Å². The van der Waals surface area contributed by atoms with Crippen molar-refractivity contribution >= 4 is 0 Å². The van der Waals surface area contributed by atoms with Gasteiger partial charge in [-0.05, 0) is 49.4 Å². The molecule has 0 radical (unpaired) electrons. The Morgan fingerprint density at radius 2 is 2.00 bits per heavy atom. The third kappa shape index (κ3) is 2.21. The molecule has 2 rings (SSSR count). The second kappa shape index (κ2) is 4.77. The fourth-order valence-corrected chi connectivity index (χ4v) is 2.39. The van der Waals surface area contributed by atoms with Gasteiger partial charge in [-0.3, -0.25) is 0 Å². The van der Waals surface area contributed by atoms with Crippen molar-refractivity contribution in [3.8, 4) is 0 Å². The summed E-state index contributed by atoms with van der Waals surface area (Å²) in [5.74, 6) is 0. The molecule has 0 saturated carbocycles. The van der Waals surface area contributed by atoms with Crippen molar-refractivity contribution in [1.29, 1.82) is 0 Å². The van der Waals surface area contributed by atoms with Crippen molar-refractivity contribution in [3.63, 3.8) is 0 Å². The number of nitrogens with two attached hydrogens (primary N) is 1. The Hall–Kier alpha value is -0.860. The molecule has 0 saturated heterocycles. The molecule has 0 heterocycles. The zero-order valence-corrected chi connectivity index (χ0v) is 9.42. The molecule has 0 fully saturated rings. The summed E-state index contributed by atoms with van der Waals surface area (Å²) in [7, 11) is 1.97. The molecule has 0 aromatic heterocycles. The van der Waals surface area contributed by atoms with E-state index in [2.05, 4.69) is 23.5 Å². The van der Waals surface area contributed by atoms with E-state index in [9.17, 15) is 0 Å². The fourth-order valence-electron chi connectivity index (χ4n) is 2.39. The SMILES string of the molecule is CNC(CN)c1ccc2c(c1)CCCC2. The fraction of sp³-hybridized carbons (Fsp3) is 0.538. The van der Waals surface area contributed by atoms with Gasteiger partial charge in [-0.1, -0.05) is 18.2 Å². The number of fused-ring (bicyclic) bond motifs is 1. The third-order valence-electron chi connectivity index (χ3n) is 3.36. The van der Waals surface area contributed by atoms with Crippen molar-refractivity contribution < 1.29 is 0 Å². The Balaban J connectivity index is 2.27. The first-order valence-corrected chi connectivity index (χ1v) is 5.84. The van der Waals surface area contributed by atoms with Gasteiger partial charge in [0, 0.05) is 12.6 Å². The predicted molar refractivity (Wildman–Crippen MR) is 63.9 cm³/mol. The first-order valence-electron chi connectivity index (χ1n) is 5.84. The molecule has 1 atom stereocenters. The number of hydrogen-bond donors (Lipinski definition) is 2. The summed E-state index contributed by atoms with van der Waals surface area (Å²) in [5, 5.41) is 3.25. The Morgan fingerprint density at radius 3 is 2.67 bits per heavy atom. The van der Waals surface area contributed by atoms with E-state index in [0.717, 1.165) is 0 Å². The molecule has 0 bridgehead atoms. The molecule has 0 aliphatic heterocycles. The summed E-state index contributed by atoms with van der Waals surface area (Å²) in [6, 6.07) is 7.14. The lowest BCUT2D eigenvalue weighted by molar-refractivity contribution is 0.601. The average Bonchev–Trinajstić information content (AvgIpc) is 2.30. The predicted octanol–water partition coefficient (Wildman–Crippen LogP) is 1.78. The van der Waals surface area contributed by atoms with Crippen LogP contribution in [-0.4, -0.2) is 13.6 Å². The monoisotopic (exact) mass is 204 g/mol. The van der Waals surface area contributed by atoms with Gasteiger partial charge in [0.15, 0.2) is 0 Å². The van der Waals surface area contributed by atoms with Gasteiger partial charge in [-0.25, -0.2) is 0 Å². The van der Waals surface area contributed by atoms with Crippen LogP contribution in [0.1, 0.15) is 35.6 Å². The minimum absolute atomic E-state index is 0.303. The second-order valence-corrected chi connectivity index (χ2v) is 4.31. The van der Waals surface area contributed by atoms with Crippen LogP contribution >= 0.6 is 0 Å². The zero-order valence-electron chi connectivity index (χ0n) is 9.42. The highest BCUT2D eigenvalue weighted by molar-refractivity contribution is 5.35. The van der Waals surface area contributed by atoms with Crippen LogP contribution in [-0.2, 0) is 12.8 Å². The molecular weight excluding hydrogens is 184 g/mol. The normalized spacial score (nSPS) is 17.2. The molecule has 15 heavy (non-hydrogen) atoms. The minimum Gasteiger partial charge on any atom is -0.329 e. The molecule has 1 aromatic rings. The maximum Gasteiger partial charge on any atom is 0.0442 e. The molecule has 0 spiro atoms. The van der Waals surface area contributed by atoms with Crippen molar-refractivity contribution in [3.05, 3.63) is 34.9 Å². The number of nitrogens with one attached hydrogen (secondary N) is 1. The highest BCUT2D eigenvalue weighted by atomic mass is 14.9. The summed E-state index contributed by atoms with van der Waals surface area (Å²) in [6.45, 7) is 0.662. The lowest BCUT2D eigenvalue weighted by Crippen LogP contribution is -2.25. The quantitative estimate of drug-likeness (QED) is 0.787. The van der Waals surface area contributed by atoms with Gasteiger partial charge in [0.25, 0.3) is 0 Å². The summed E-state index contributed by atoms with van der Waals surface area (Å²) in [5.41, 5.74) is 10.1. The highest BCUT2D eigenvalue weighted by Crippen LogP contribution is 2.24. The summed E-state index contributed by atoms with van der Waals surface area (Å²) < 4.78 is 0. The minimum atomic E-state index is 0.303. The van der Waals surface area contributed by atoms with Crippen LogP contribution < -0.4 is 11.1 Å². The first-order chi connectivity index (χ1) is 7.35. The lowest BCUT2D eigenvalue weighted by atomic mass is 9.89. The number of hydrogen-bond acceptors (Lipinski definition) is 2. The molecular formula is C13H20N2. The number of rotatable bonds is 3. The molecule has 0 amide bonds. The van der Waals surface area contributed by atoms with Gasteiger partial charge in [0.2, 0.25) is 0 Å². The van der Waals surface area contributed by atoms with E-state index in [0.29, 0.717) is 12.6 Å². The summed E-state index contributed by atoms with van der Waals surface area (Å²) >= 11 is 0. The molecule has 2 heteroatoms. The number of aryl methyl sites for hydroxylation is 2. The maximum atomic E-state index is 5.73. The van der Waals surface area contributed by atoms with Crippen LogP contribution in [0.2, 0.25) is 0 Å². The van der Waals surface area contributed by atoms with Crippen LogP contribution in [0.15, 0.2) is 18.2 Å². The topological polar surface area (TPSA) is 38.0 Å². The zero-order chi connectivity index (χ0) is 10.7. The molecule has 2 nitrogen and oxygen atoms in total. The van der Waals surface area contributed by atoms with Gasteiger partial charge in [-0.15, -0.1) is 0 Å². The van der Waals surface area contributed by atoms with E-state index >= 15 is 0 Å². The van der Waals surface area contributed by atoms with Crippen LogP contribution in [0.5, 0.6) is 0 Å². The standard InChI is InChI=1S/C13H20N2/c1-15-13(9-14)12-7-6-10-4-2-3-5-11(10)8-12/h6-8,13,15H,2-5,9,14H2,1H3.